The van der Waals surface area contributed by atoms with Crippen LogP contribution in [0.1, 0.15) is 19.5 Å². The highest BCUT2D eigenvalue weighted by Gasteiger charge is 2.28. The zero-order valence-electron chi connectivity index (χ0n) is 9.32. The summed E-state index contributed by atoms with van der Waals surface area (Å²) >= 11 is 0. The number of hydrogen-bond acceptors (Lipinski definition) is 5. The van der Waals surface area contributed by atoms with Crippen molar-refractivity contribution in [1.82, 2.24) is 15.3 Å². The number of likely N-dealkylation sites (N-methyl/N-ethyl adjacent to an activating group) is 1. The Morgan fingerprint density at radius 2 is 2.13 bits per heavy atom. The molecule has 5 nitrogen and oxygen atoms in total. The number of methoxy groups -OCH3 is 1. The molecular formula is C10H17N3O2. The Morgan fingerprint density at radius 3 is 2.73 bits per heavy atom. The maximum atomic E-state index is 10.2. The molecule has 0 spiro atoms. The van der Waals surface area contributed by atoms with Crippen molar-refractivity contribution in [2.24, 2.45) is 0 Å². The van der Waals surface area contributed by atoms with E-state index in [-0.39, 0.29) is 0 Å². The number of ether oxygens (including phenoxy) is 1. The molecule has 0 aromatic carbocycles. The lowest BCUT2D eigenvalue weighted by atomic mass is 10.0. The average Bonchev–Trinajstić information content (AvgIpc) is 2.26. The Balaban J connectivity index is 2.92. The lowest BCUT2D eigenvalue weighted by molar-refractivity contribution is 0.0495. The summed E-state index contributed by atoms with van der Waals surface area (Å²) in [5, 5.41) is 13.2. The van der Waals surface area contributed by atoms with E-state index in [0.29, 0.717) is 18.1 Å². The van der Waals surface area contributed by atoms with Crippen LogP contribution in [0.3, 0.4) is 0 Å². The number of nitrogens with zero attached hydrogens (tertiary/aromatic N) is 2. The summed E-state index contributed by atoms with van der Waals surface area (Å²) in [6.07, 6.45) is 3.07. The number of hydrogen-bond donors (Lipinski definition) is 2. The van der Waals surface area contributed by atoms with Crippen LogP contribution in [0.2, 0.25) is 0 Å². The summed E-state index contributed by atoms with van der Waals surface area (Å²) in [5.41, 5.74) is -0.622. The molecule has 0 fully saturated rings. The summed E-state index contributed by atoms with van der Waals surface area (Å²) < 4.78 is 5.05. The Kier molecular flexibility index (Phi) is 3.99. The van der Waals surface area contributed by atoms with Crippen molar-refractivity contribution < 1.29 is 9.84 Å². The van der Waals surface area contributed by atoms with E-state index in [9.17, 15) is 5.11 Å². The molecule has 84 valence electrons. The van der Waals surface area contributed by atoms with Gasteiger partial charge in [-0.1, -0.05) is 6.92 Å². The van der Waals surface area contributed by atoms with Crippen molar-refractivity contribution in [1.29, 1.82) is 0 Å². The maximum Gasteiger partial charge on any atom is 0.238 e. The van der Waals surface area contributed by atoms with Crippen molar-refractivity contribution in [3.05, 3.63) is 18.1 Å². The third-order valence-electron chi connectivity index (χ3n) is 2.09. The van der Waals surface area contributed by atoms with Crippen LogP contribution >= 0.6 is 0 Å². The predicted octanol–water partition coefficient (Wildman–Crippen LogP) is 0.302. The summed E-state index contributed by atoms with van der Waals surface area (Å²) in [5.74, 6) is 0.361. The summed E-state index contributed by atoms with van der Waals surface area (Å²) in [6.45, 7) is 4.86. The number of nitrogens with one attached hydrogen (secondary N) is 1. The lowest BCUT2D eigenvalue weighted by Crippen LogP contribution is -2.36. The number of rotatable bonds is 5. The molecule has 1 unspecified atom stereocenters. The highest BCUT2D eigenvalue weighted by molar-refractivity contribution is 5.23. The molecule has 1 heterocycles. The van der Waals surface area contributed by atoms with Gasteiger partial charge in [0.05, 0.1) is 7.11 Å². The average molecular weight is 211 g/mol. The molecule has 0 saturated carbocycles. The molecule has 0 aliphatic carbocycles. The van der Waals surface area contributed by atoms with E-state index in [1.807, 2.05) is 6.92 Å². The minimum atomic E-state index is -1.07. The van der Waals surface area contributed by atoms with Gasteiger partial charge in [0.15, 0.2) is 0 Å². The van der Waals surface area contributed by atoms with Gasteiger partial charge in [-0.3, -0.25) is 4.98 Å². The van der Waals surface area contributed by atoms with Crippen molar-refractivity contribution in [2.45, 2.75) is 19.4 Å². The summed E-state index contributed by atoms with van der Waals surface area (Å²) in [6, 6.07) is 0. The largest absolute Gasteiger partial charge is 0.480 e. The maximum absolute atomic E-state index is 10.2. The van der Waals surface area contributed by atoms with Crippen molar-refractivity contribution in [3.8, 4) is 5.88 Å². The van der Waals surface area contributed by atoms with Gasteiger partial charge in [-0.25, -0.2) is 4.98 Å². The Bertz CT molecular complexity index is 315. The predicted molar refractivity (Wildman–Crippen MR) is 56.7 cm³/mol. The SMILES string of the molecule is CCNCC(C)(O)c1nccnc1OC. The fourth-order valence-electron chi connectivity index (χ4n) is 1.30. The first-order chi connectivity index (χ1) is 7.11. The molecule has 1 atom stereocenters. The molecule has 0 aliphatic rings. The van der Waals surface area contributed by atoms with E-state index in [2.05, 4.69) is 15.3 Å². The second-order valence-corrected chi connectivity index (χ2v) is 3.47. The van der Waals surface area contributed by atoms with Gasteiger partial charge in [-0.2, -0.15) is 0 Å². The van der Waals surface area contributed by atoms with Gasteiger partial charge >= 0.3 is 0 Å². The monoisotopic (exact) mass is 211 g/mol. The second kappa shape index (κ2) is 5.04. The van der Waals surface area contributed by atoms with Crippen LogP contribution in [0.15, 0.2) is 12.4 Å². The van der Waals surface area contributed by atoms with Gasteiger partial charge < -0.3 is 15.2 Å². The van der Waals surface area contributed by atoms with Gasteiger partial charge in [-0.15, -0.1) is 0 Å². The molecule has 1 aromatic heterocycles. The van der Waals surface area contributed by atoms with E-state index >= 15 is 0 Å². The zero-order valence-corrected chi connectivity index (χ0v) is 9.32. The van der Waals surface area contributed by atoms with E-state index < -0.39 is 5.60 Å². The third kappa shape index (κ3) is 2.87. The van der Waals surface area contributed by atoms with Crippen LogP contribution in [0.4, 0.5) is 0 Å². The zero-order chi connectivity index (χ0) is 11.3. The van der Waals surface area contributed by atoms with Crippen molar-refractivity contribution >= 4 is 0 Å². The molecule has 2 N–H and O–H groups in total. The van der Waals surface area contributed by atoms with Crippen LogP contribution in [0.5, 0.6) is 5.88 Å². The van der Waals surface area contributed by atoms with E-state index in [1.54, 1.807) is 6.92 Å². The van der Waals surface area contributed by atoms with Crippen LogP contribution < -0.4 is 10.1 Å². The lowest BCUT2D eigenvalue weighted by Gasteiger charge is -2.23. The third-order valence-corrected chi connectivity index (χ3v) is 2.09. The highest BCUT2D eigenvalue weighted by atomic mass is 16.5. The summed E-state index contributed by atoms with van der Waals surface area (Å²) in [7, 11) is 1.51. The van der Waals surface area contributed by atoms with Crippen LogP contribution in [0, 0.1) is 0 Å². The fourth-order valence-corrected chi connectivity index (χ4v) is 1.30. The Labute approximate surface area is 89.5 Å². The first-order valence-electron chi connectivity index (χ1n) is 4.90. The second-order valence-electron chi connectivity index (χ2n) is 3.47. The van der Waals surface area contributed by atoms with Gasteiger partial charge in [0.2, 0.25) is 5.88 Å². The summed E-state index contributed by atoms with van der Waals surface area (Å²) in [4.78, 5) is 8.10. The molecule has 0 amide bonds. The Hall–Kier alpha value is -1.20. The number of aromatic nitrogens is 2. The Morgan fingerprint density at radius 1 is 1.47 bits per heavy atom. The van der Waals surface area contributed by atoms with Crippen molar-refractivity contribution in [2.75, 3.05) is 20.2 Å². The van der Waals surface area contributed by atoms with Gasteiger partial charge in [-0.05, 0) is 13.5 Å². The molecule has 15 heavy (non-hydrogen) atoms. The molecular weight excluding hydrogens is 194 g/mol. The van der Waals surface area contributed by atoms with Crippen LogP contribution in [0.25, 0.3) is 0 Å². The topological polar surface area (TPSA) is 67.3 Å². The van der Waals surface area contributed by atoms with E-state index in [1.165, 1.54) is 19.5 Å². The smallest absolute Gasteiger partial charge is 0.238 e. The van der Waals surface area contributed by atoms with E-state index in [0.717, 1.165) is 6.54 Å². The molecule has 1 rings (SSSR count). The first kappa shape index (κ1) is 11.9. The molecule has 1 aromatic rings. The van der Waals surface area contributed by atoms with E-state index in [4.69, 9.17) is 4.74 Å². The first-order valence-corrected chi connectivity index (χ1v) is 4.90. The van der Waals surface area contributed by atoms with Gasteiger partial charge in [0, 0.05) is 18.9 Å². The molecule has 0 saturated heterocycles. The van der Waals surface area contributed by atoms with Gasteiger partial charge in [0.25, 0.3) is 0 Å². The molecule has 0 aliphatic heterocycles. The van der Waals surface area contributed by atoms with Gasteiger partial charge in [0.1, 0.15) is 11.3 Å². The fraction of sp³-hybridized carbons (Fsp3) is 0.600. The van der Waals surface area contributed by atoms with Crippen molar-refractivity contribution in [3.63, 3.8) is 0 Å². The minimum Gasteiger partial charge on any atom is -0.480 e. The van der Waals surface area contributed by atoms with Crippen LogP contribution in [-0.4, -0.2) is 35.3 Å². The highest BCUT2D eigenvalue weighted by Crippen LogP contribution is 2.24. The molecule has 0 bridgehead atoms. The molecule has 5 heteroatoms. The normalized spacial score (nSPS) is 14.7. The number of aliphatic hydroxyl groups is 1. The van der Waals surface area contributed by atoms with Crippen LogP contribution in [-0.2, 0) is 5.60 Å². The molecule has 0 radical (unpaired) electrons. The quantitative estimate of drug-likeness (QED) is 0.733. The minimum absolute atomic E-state index is 0.361. The standard InChI is InChI=1S/C10H17N3O2/c1-4-11-7-10(2,14)8-9(15-3)13-6-5-12-8/h5-6,11,14H,4,7H2,1-3H3.